The van der Waals surface area contributed by atoms with Crippen LogP contribution in [0.25, 0.3) is 11.4 Å². The lowest BCUT2D eigenvalue weighted by atomic mass is 10.1. The summed E-state index contributed by atoms with van der Waals surface area (Å²) in [6.07, 6.45) is 5.34. The molecule has 3 aromatic rings. The summed E-state index contributed by atoms with van der Waals surface area (Å²) < 4.78 is 2.02. The lowest BCUT2D eigenvalue weighted by Gasteiger charge is -2.14. The predicted molar refractivity (Wildman–Crippen MR) is 112 cm³/mol. The van der Waals surface area contributed by atoms with Gasteiger partial charge in [0.1, 0.15) is 0 Å². The first-order chi connectivity index (χ1) is 13.7. The second-order valence-electron chi connectivity index (χ2n) is 6.57. The Hall–Kier alpha value is -2.67. The quantitative estimate of drug-likeness (QED) is 0.561. The van der Waals surface area contributed by atoms with Gasteiger partial charge in [0.15, 0.2) is 11.0 Å². The third-order valence-corrected chi connectivity index (χ3v) is 5.39. The summed E-state index contributed by atoms with van der Waals surface area (Å²) in [4.78, 5) is 16.4. The highest BCUT2D eigenvalue weighted by molar-refractivity contribution is 7.99. The number of nitrogens with zero attached hydrogens (tertiary/aromatic N) is 4. The van der Waals surface area contributed by atoms with Crippen molar-refractivity contribution in [3.05, 3.63) is 60.4 Å². The number of hydrogen-bond acceptors (Lipinski definition) is 5. The van der Waals surface area contributed by atoms with Crippen molar-refractivity contribution >= 4 is 17.7 Å². The second kappa shape index (κ2) is 10.0. The fourth-order valence-corrected chi connectivity index (χ4v) is 3.76. The van der Waals surface area contributed by atoms with Crippen molar-refractivity contribution in [1.82, 2.24) is 25.1 Å². The highest BCUT2D eigenvalue weighted by Gasteiger charge is 2.15. The van der Waals surface area contributed by atoms with Crippen LogP contribution in [0.1, 0.15) is 25.8 Å². The number of carbonyl (C=O) groups is 1. The van der Waals surface area contributed by atoms with Gasteiger partial charge in [-0.3, -0.25) is 9.78 Å². The first kappa shape index (κ1) is 20.1. The maximum atomic E-state index is 12.3. The minimum Gasteiger partial charge on any atom is -0.353 e. The van der Waals surface area contributed by atoms with E-state index in [1.165, 1.54) is 17.3 Å². The van der Waals surface area contributed by atoms with Crippen molar-refractivity contribution in [2.24, 2.45) is 0 Å². The van der Waals surface area contributed by atoms with Gasteiger partial charge in [-0.2, -0.15) is 0 Å². The molecule has 0 spiro atoms. The molecule has 0 aliphatic carbocycles. The molecule has 1 aromatic carbocycles. The molecular formula is C21H25N5OS. The fourth-order valence-electron chi connectivity index (χ4n) is 2.94. The molecule has 0 unspecified atom stereocenters. The van der Waals surface area contributed by atoms with Crippen LogP contribution in [0.4, 0.5) is 0 Å². The molecular weight excluding hydrogens is 370 g/mol. The van der Waals surface area contributed by atoms with Crippen molar-refractivity contribution in [1.29, 1.82) is 0 Å². The van der Waals surface area contributed by atoms with Crippen molar-refractivity contribution < 1.29 is 4.79 Å². The minimum absolute atomic E-state index is 0.0154. The van der Waals surface area contributed by atoms with Gasteiger partial charge in [0, 0.05) is 30.5 Å². The Balaban J connectivity index is 1.51. The van der Waals surface area contributed by atoms with E-state index >= 15 is 0 Å². The molecule has 0 fully saturated rings. The summed E-state index contributed by atoms with van der Waals surface area (Å²) in [5.74, 6) is 1.13. The monoisotopic (exact) mass is 395 g/mol. The lowest BCUT2D eigenvalue weighted by molar-refractivity contribution is -0.119. The zero-order valence-corrected chi connectivity index (χ0v) is 17.0. The van der Waals surface area contributed by atoms with Crippen molar-refractivity contribution in [3.8, 4) is 11.4 Å². The number of hydrogen-bond donors (Lipinski definition) is 1. The van der Waals surface area contributed by atoms with Crippen LogP contribution in [0.15, 0.2) is 60.0 Å². The maximum absolute atomic E-state index is 12.3. The number of pyridine rings is 1. The molecule has 146 valence electrons. The number of carbonyl (C=O) groups excluding carboxylic acids is 1. The number of thioether (sulfide) groups is 1. The van der Waals surface area contributed by atoms with Gasteiger partial charge in [0.2, 0.25) is 5.91 Å². The number of amides is 1. The molecule has 1 N–H and O–H groups in total. The van der Waals surface area contributed by atoms with E-state index in [0.29, 0.717) is 5.75 Å². The van der Waals surface area contributed by atoms with Crippen LogP contribution in [0.5, 0.6) is 0 Å². The zero-order chi connectivity index (χ0) is 19.8. The Bertz CT molecular complexity index is 882. The van der Waals surface area contributed by atoms with Crippen LogP contribution in [0.3, 0.4) is 0 Å². The Morgan fingerprint density at radius 3 is 2.61 bits per heavy atom. The molecule has 7 heteroatoms. The number of aromatic nitrogens is 4. The van der Waals surface area contributed by atoms with Crippen LogP contribution < -0.4 is 5.32 Å². The Kier molecular flexibility index (Phi) is 7.19. The molecule has 2 heterocycles. The zero-order valence-electron chi connectivity index (χ0n) is 16.2. The van der Waals surface area contributed by atoms with Crippen molar-refractivity contribution in [2.45, 2.75) is 44.4 Å². The summed E-state index contributed by atoms with van der Waals surface area (Å²) in [6, 6.07) is 14.3. The smallest absolute Gasteiger partial charge is 0.230 e. The third-order valence-electron chi connectivity index (χ3n) is 4.42. The van der Waals surface area contributed by atoms with Gasteiger partial charge in [-0.1, -0.05) is 42.1 Å². The standard InChI is InChI=1S/C21H25N5OS/c1-3-26-20(18-11-13-22-14-12-18)24-25-21(26)28-15-19(27)23-16(2)9-10-17-7-5-4-6-8-17/h4-8,11-14,16H,3,9-10,15H2,1-2H3,(H,23,27)/t16-/m1/s1. The summed E-state index contributed by atoms with van der Waals surface area (Å²) in [5.41, 5.74) is 2.26. The van der Waals surface area contributed by atoms with E-state index in [-0.39, 0.29) is 11.9 Å². The molecule has 1 amide bonds. The average molecular weight is 396 g/mol. The largest absolute Gasteiger partial charge is 0.353 e. The van der Waals surface area contributed by atoms with E-state index in [9.17, 15) is 4.79 Å². The maximum Gasteiger partial charge on any atom is 0.230 e. The number of benzene rings is 1. The predicted octanol–water partition coefficient (Wildman–Crippen LogP) is 3.59. The van der Waals surface area contributed by atoms with E-state index in [0.717, 1.165) is 35.9 Å². The first-order valence-electron chi connectivity index (χ1n) is 9.47. The molecule has 1 atom stereocenters. The Labute approximate surface area is 169 Å². The molecule has 28 heavy (non-hydrogen) atoms. The average Bonchev–Trinajstić information content (AvgIpc) is 3.15. The van der Waals surface area contributed by atoms with Gasteiger partial charge < -0.3 is 9.88 Å². The number of aryl methyl sites for hydroxylation is 1. The van der Waals surface area contributed by atoms with Crippen LogP contribution in [0, 0.1) is 0 Å². The van der Waals surface area contributed by atoms with Crippen LogP contribution in [-0.2, 0) is 17.8 Å². The summed E-state index contributed by atoms with van der Waals surface area (Å²) in [6.45, 7) is 4.83. The summed E-state index contributed by atoms with van der Waals surface area (Å²) in [5, 5.41) is 12.4. The molecule has 0 aliphatic heterocycles. The fraction of sp³-hybridized carbons (Fsp3) is 0.333. The van der Waals surface area contributed by atoms with Gasteiger partial charge >= 0.3 is 0 Å². The van der Waals surface area contributed by atoms with Gasteiger partial charge in [0.25, 0.3) is 0 Å². The summed E-state index contributed by atoms with van der Waals surface area (Å²) in [7, 11) is 0. The number of rotatable bonds is 9. The lowest BCUT2D eigenvalue weighted by Crippen LogP contribution is -2.34. The number of nitrogens with one attached hydrogen (secondary N) is 1. The molecule has 3 rings (SSSR count). The van der Waals surface area contributed by atoms with Gasteiger partial charge in [-0.25, -0.2) is 0 Å². The molecule has 0 bridgehead atoms. The van der Waals surface area contributed by atoms with E-state index in [4.69, 9.17) is 0 Å². The van der Waals surface area contributed by atoms with Crippen LogP contribution in [0.2, 0.25) is 0 Å². The molecule has 0 aliphatic rings. The van der Waals surface area contributed by atoms with Crippen LogP contribution >= 0.6 is 11.8 Å². The van der Waals surface area contributed by atoms with E-state index < -0.39 is 0 Å². The summed E-state index contributed by atoms with van der Waals surface area (Å²) >= 11 is 1.41. The van der Waals surface area contributed by atoms with Gasteiger partial charge in [0.05, 0.1) is 5.75 Å². The van der Waals surface area contributed by atoms with Crippen molar-refractivity contribution in [3.63, 3.8) is 0 Å². The van der Waals surface area contributed by atoms with E-state index in [1.54, 1.807) is 12.4 Å². The highest BCUT2D eigenvalue weighted by Crippen LogP contribution is 2.23. The topological polar surface area (TPSA) is 72.7 Å². The third kappa shape index (κ3) is 5.42. The normalized spacial score (nSPS) is 11.9. The molecule has 0 radical (unpaired) electrons. The molecule has 6 nitrogen and oxygen atoms in total. The minimum atomic E-state index is 0.0154. The first-order valence-corrected chi connectivity index (χ1v) is 10.5. The molecule has 0 saturated carbocycles. The SMILES string of the molecule is CCn1c(SCC(=O)N[C@H](C)CCc2ccccc2)nnc1-c1ccncc1. The molecule has 0 saturated heterocycles. The van der Waals surface area contributed by atoms with E-state index in [1.807, 2.05) is 48.7 Å². The second-order valence-corrected chi connectivity index (χ2v) is 7.51. The van der Waals surface area contributed by atoms with Gasteiger partial charge in [-0.05, 0) is 44.4 Å². The van der Waals surface area contributed by atoms with Crippen LogP contribution in [-0.4, -0.2) is 37.5 Å². The molecule has 2 aromatic heterocycles. The Morgan fingerprint density at radius 2 is 1.89 bits per heavy atom. The van der Waals surface area contributed by atoms with Crippen molar-refractivity contribution in [2.75, 3.05) is 5.75 Å². The van der Waals surface area contributed by atoms with E-state index in [2.05, 4.69) is 32.6 Å². The Morgan fingerprint density at radius 1 is 1.14 bits per heavy atom. The van der Waals surface area contributed by atoms with Gasteiger partial charge in [-0.15, -0.1) is 10.2 Å². The highest BCUT2D eigenvalue weighted by atomic mass is 32.2.